The maximum atomic E-state index is 12.8. The number of esters is 1. The zero-order chi connectivity index (χ0) is 26.1. The van der Waals surface area contributed by atoms with Crippen molar-refractivity contribution in [1.29, 1.82) is 0 Å². The Kier molecular flexibility index (Phi) is 9.09. The number of hydrogen-bond acceptors (Lipinski definition) is 9. The Bertz CT molecular complexity index is 1130. The summed E-state index contributed by atoms with van der Waals surface area (Å²) >= 11 is 0. The van der Waals surface area contributed by atoms with Crippen LogP contribution in [0.4, 0.5) is 0 Å². The van der Waals surface area contributed by atoms with Crippen molar-refractivity contribution in [2.24, 2.45) is 11.0 Å². The van der Waals surface area contributed by atoms with Crippen molar-refractivity contribution in [2.75, 3.05) is 27.1 Å². The second-order valence-electron chi connectivity index (χ2n) is 8.00. The molecule has 0 aliphatic carbocycles. The molecule has 36 heavy (non-hydrogen) atoms. The third-order valence-electron chi connectivity index (χ3n) is 5.10. The number of carbonyl (C=O) groups excluding carboxylic acids is 3. The van der Waals surface area contributed by atoms with Gasteiger partial charge in [0.2, 0.25) is 6.79 Å². The van der Waals surface area contributed by atoms with Crippen molar-refractivity contribution in [3.05, 3.63) is 47.5 Å². The Labute approximate surface area is 208 Å². The molecule has 1 aliphatic rings. The lowest BCUT2D eigenvalue weighted by atomic mass is 10.0. The number of benzene rings is 2. The Hall–Kier alpha value is -4.28. The van der Waals surface area contributed by atoms with Crippen molar-refractivity contribution in [1.82, 2.24) is 10.7 Å². The summed E-state index contributed by atoms with van der Waals surface area (Å²) in [6.45, 7) is 5.67. The van der Waals surface area contributed by atoms with Crippen molar-refractivity contribution in [2.45, 2.75) is 26.8 Å². The Morgan fingerprint density at radius 2 is 1.83 bits per heavy atom. The highest BCUT2D eigenvalue weighted by atomic mass is 16.7. The number of carbonyl (C=O) groups is 3. The van der Waals surface area contributed by atoms with Crippen LogP contribution in [0.15, 0.2) is 41.5 Å². The van der Waals surface area contributed by atoms with E-state index in [0.29, 0.717) is 40.7 Å². The molecule has 11 nitrogen and oxygen atoms in total. The van der Waals surface area contributed by atoms with E-state index in [1.807, 2.05) is 20.8 Å². The molecule has 2 aromatic carbocycles. The Morgan fingerprint density at radius 3 is 2.56 bits per heavy atom. The maximum absolute atomic E-state index is 12.8. The van der Waals surface area contributed by atoms with Crippen LogP contribution in [0.5, 0.6) is 23.0 Å². The summed E-state index contributed by atoms with van der Waals surface area (Å²) in [5, 5.41) is 6.75. The monoisotopic (exact) mass is 499 g/mol. The summed E-state index contributed by atoms with van der Waals surface area (Å²) < 4.78 is 26.1. The first-order valence-electron chi connectivity index (χ1n) is 11.3. The first kappa shape index (κ1) is 26.3. The smallest absolute Gasteiger partial charge is 0.343 e. The topological polar surface area (TPSA) is 134 Å². The van der Waals surface area contributed by atoms with E-state index in [0.717, 1.165) is 0 Å². The van der Waals surface area contributed by atoms with Crippen LogP contribution < -0.4 is 29.7 Å². The van der Waals surface area contributed by atoms with Gasteiger partial charge in [-0.2, -0.15) is 5.10 Å². The van der Waals surface area contributed by atoms with Crippen molar-refractivity contribution < 1.29 is 38.1 Å². The number of methoxy groups -OCH3 is 1. The quantitative estimate of drug-likeness (QED) is 0.273. The van der Waals surface area contributed by atoms with Gasteiger partial charge in [-0.1, -0.05) is 13.8 Å². The number of nitrogens with one attached hydrogen (secondary N) is 2. The van der Waals surface area contributed by atoms with Crippen molar-refractivity contribution in [3.8, 4) is 23.0 Å². The zero-order valence-corrected chi connectivity index (χ0v) is 20.5. The minimum absolute atomic E-state index is 0.102. The molecule has 0 spiro atoms. The van der Waals surface area contributed by atoms with Gasteiger partial charge >= 0.3 is 5.97 Å². The number of hydrazone groups is 1. The second kappa shape index (κ2) is 12.4. The van der Waals surface area contributed by atoms with E-state index in [1.54, 1.807) is 36.4 Å². The number of rotatable bonds is 11. The molecule has 0 saturated carbocycles. The molecule has 0 bridgehead atoms. The molecule has 1 unspecified atom stereocenters. The maximum Gasteiger partial charge on any atom is 0.343 e. The predicted octanol–water partition coefficient (Wildman–Crippen LogP) is 2.27. The predicted molar refractivity (Wildman–Crippen MR) is 130 cm³/mol. The van der Waals surface area contributed by atoms with Crippen LogP contribution >= 0.6 is 0 Å². The summed E-state index contributed by atoms with van der Waals surface area (Å²) in [4.78, 5) is 36.8. The van der Waals surface area contributed by atoms with Gasteiger partial charge in [-0.05, 0) is 54.8 Å². The summed E-state index contributed by atoms with van der Waals surface area (Å²) in [5.41, 5.74) is 3.43. The Morgan fingerprint density at radius 1 is 1.06 bits per heavy atom. The normalized spacial score (nSPS) is 12.8. The van der Waals surface area contributed by atoms with Gasteiger partial charge in [-0.25, -0.2) is 10.2 Å². The van der Waals surface area contributed by atoms with E-state index in [9.17, 15) is 14.4 Å². The highest BCUT2D eigenvalue weighted by Crippen LogP contribution is 2.32. The number of amides is 2. The van der Waals surface area contributed by atoms with Gasteiger partial charge in [0.25, 0.3) is 11.8 Å². The third-order valence-corrected chi connectivity index (χ3v) is 5.10. The van der Waals surface area contributed by atoms with Gasteiger partial charge in [0.15, 0.2) is 29.6 Å². The highest BCUT2D eigenvalue weighted by Gasteiger charge is 2.25. The molecular formula is C25H29N3O8. The fraction of sp³-hybridized carbons (Fsp3) is 0.360. The van der Waals surface area contributed by atoms with Crippen molar-refractivity contribution in [3.63, 3.8) is 0 Å². The molecule has 0 saturated heterocycles. The fourth-order valence-corrected chi connectivity index (χ4v) is 3.23. The van der Waals surface area contributed by atoms with Crippen LogP contribution in [0.25, 0.3) is 0 Å². The molecule has 0 fully saturated rings. The molecule has 11 heteroatoms. The van der Waals surface area contributed by atoms with Gasteiger partial charge in [-0.15, -0.1) is 0 Å². The number of ether oxygens (including phenoxy) is 5. The second-order valence-corrected chi connectivity index (χ2v) is 8.00. The Balaban J connectivity index is 1.62. The van der Waals surface area contributed by atoms with Gasteiger partial charge in [0.1, 0.15) is 6.04 Å². The van der Waals surface area contributed by atoms with E-state index >= 15 is 0 Å². The number of fused-ring (bicyclic) bond motifs is 1. The summed E-state index contributed by atoms with van der Waals surface area (Å²) in [5.74, 6) is 0.210. The molecular weight excluding hydrogens is 470 g/mol. The molecule has 1 heterocycles. The number of hydrogen-bond donors (Lipinski definition) is 2. The molecule has 192 valence electrons. The van der Waals surface area contributed by atoms with E-state index < -0.39 is 23.8 Å². The van der Waals surface area contributed by atoms with Crippen LogP contribution in [0.3, 0.4) is 0 Å². The standard InChI is InChI=1S/C25H29N3O8/c1-5-33-20-10-16(6-8-18(20)34-13-22(29)32-4)12-26-28-25(31)23(15(2)3)27-24(30)17-7-9-19-21(11-17)36-14-35-19/h6-12,15,23H,5,13-14H2,1-4H3,(H,27,30)(H,28,31). The molecule has 3 rings (SSSR count). The van der Waals surface area contributed by atoms with E-state index in [4.69, 9.17) is 18.9 Å². The van der Waals surface area contributed by atoms with Crippen LogP contribution in [0, 0.1) is 5.92 Å². The van der Waals surface area contributed by atoms with Crippen molar-refractivity contribution >= 4 is 24.0 Å². The average Bonchev–Trinajstić information content (AvgIpc) is 3.34. The molecule has 2 N–H and O–H groups in total. The van der Waals surface area contributed by atoms with Gasteiger partial charge < -0.3 is 29.0 Å². The van der Waals surface area contributed by atoms with Crippen LogP contribution in [-0.4, -0.2) is 57.2 Å². The minimum Gasteiger partial charge on any atom is -0.490 e. The molecule has 2 aromatic rings. The highest BCUT2D eigenvalue weighted by molar-refractivity contribution is 5.98. The largest absolute Gasteiger partial charge is 0.490 e. The average molecular weight is 500 g/mol. The van der Waals surface area contributed by atoms with Gasteiger partial charge in [0.05, 0.1) is 19.9 Å². The first-order chi connectivity index (χ1) is 17.3. The van der Waals surface area contributed by atoms with E-state index in [2.05, 4.69) is 20.6 Å². The van der Waals surface area contributed by atoms with Gasteiger partial charge in [0, 0.05) is 5.56 Å². The van der Waals surface area contributed by atoms with Crippen LogP contribution in [0.2, 0.25) is 0 Å². The zero-order valence-electron chi connectivity index (χ0n) is 20.5. The van der Waals surface area contributed by atoms with Gasteiger partial charge in [-0.3, -0.25) is 9.59 Å². The van der Waals surface area contributed by atoms with Crippen LogP contribution in [0.1, 0.15) is 36.7 Å². The SMILES string of the molecule is CCOc1cc(C=NNC(=O)C(NC(=O)c2ccc3c(c2)OCO3)C(C)C)ccc1OCC(=O)OC. The first-order valence-corrected chi connectivity index (χ1v) is 11.3. The minimum atomic E-state index is -0.826. The third kappa shape index (κ3) is 6.87. The summed E-state index contributed by atoms with van der Waals surface area (Å²) in [7, 11) is 1.27. The fourth-order valence-electron chi connectivity index (χ4n) is 3.23. The molecule has 0 radical (unpaired) electrons. The van der Waals surface area contributed by atoms with Crippen LogP contribution in [-0.2, 0) is 14.3 Å². The van der Waals surface area contributed by atoms with E-state index in [1.165, 1.54) is 13.3 Å². The molecule has 2 amide bonds. The lowest BCUT2D eigenvalue weighted by molar-refractivity contribution is -0.142. The summed E-state index contributed by atoms with van der Waals surface area (Å²) in [6.07, 6.45) is 1.43. The lowest BCUT2D eigenvalue weighted by Crippen LogP contribution is -2.48. The summed E-state index contributed by atoms with van der Waals surface area (Å²) in [6, 6.07) is 8.96. The molecule has 1 atom stereocenters. The lowest BCUT2D eigenvalue weighted by Gasteiger charge is -2.20. The number of nitrogens with zero attached hydrogens (tertiary/aromatic N) is 1. The van der Waals surface area contributed by atoms with E-state index in [-0.39, 0.29) is 19.3 Å². The molecule has 0 aromatic heterocycles. The molecule has 1 aliphatic heterocycles.